The third-order valence-electron chi connectivity index (χ3n) is 3.58. The van der Waals surface area contributed by atoms with Crippen molar-refractivity contribution < 1.29 is 19.5 Å². The number of hydrogen-bond acceptors (Lipinski definition) is 3. The molecule has 0 aliphatic carbocycles. The SMILES string of the molecule is CC(C)CC(NC(=O)CCNC(=O)N(C)Cc1ccccc1)C(=O)O. The number of nitrogens with one attached hydrogen (secondary N) is 2. The van der Waals surface area contributed by atoms with Gasteiger partial charge in [-0.15, -0.1) is 0 Å². The first kappa shape index (κ1) is 20.5. The molecule has 0 saturated carbocycles. The van der Waals surface area contributed by atoms with Crippen LogP contribution < -0.4 is 10.6 Å². The fraction of sp³-hybridized carbons (Fsp3) is 0.500. The molecule has 0 aliphatic heterocycles. The predicted molar refractivity (Wildman–Crippen MR) is 94.9 cm³/mol. The predicted octanol–water partition coefficient (Wildman–Crippen LogP) is 1.83. The fourth-order valence-electron chi connectivity index (χ4n) is 2.31. The summed E-state index contributed by atoms with van der Waals surface area (Å²) < 4.78 is 0. The number of nitrogens with zero attached hydrogens (tertiary/aromatic N) is 1. The van der Waals surface area contributed by atoms with Crippen molar-refractivity contribution in [3.63, 3.8) is 0 Å². The van der Waals surface area contributed by atoms with Crippen LogP contribution in [0.1, 0.15) is 32.3 Å². The smallest absolute Gasteiger partial charge is 0.326 e. The van der Waals surface area contributed by atoms with Crippen molar-refractivity contribution in [1.29, 1.82) is 0 Å². The van der Waals surface area contributed by atoms with Gasteiger partial charge in [-0.25, -0.2) is 9.59 Å². The molecule has 7 nitrogen and oxygen atoms in total. The average Bonchev–Trinajstić information content (AvgIpc) is 2.54. The molecule has 1 rings (SSSR count). The van der Waals surface area contributed by atoms with E-state index in [1.807, 2.05) is 44.2 Å². The van der Waals surface area contributed by atoms with E-state index in [2.05, 4.69) is 10.6 Å². The number of hydrogen-bond donors (Lipinski definition) is 3. The van der Waals surface area contributed by atoms with Crippen LogP contribution in [0.5, 0.6) is 0 Å². The van der Waals surface area contributed by atoms with Crippen LogP contribution in [-0.4, -0.2) is 47.5 Å². The molecule has 0 heterocycles. The Morgan fingerprint density at radius 2 is 1.80 bits per heavy atom. The van der Waals surface area contributed by atoms with Crippen LogP contribution in [-0.2, 0) is 16.1 Å². The number of rotatable bonds is 9. The zero-order valence-corrected chi connectivity index (χ0v) is 15.0. The monoisotopic (exact) mass is 349 g/mol. The van der Waals surface area contributed by atoms with Gasteiger partial charge in [0, 0.05) is 26.6 Å². The van der Waals surface area contributed by atoms with E-state index in [0.717, 1.165) is 5.56 Å². The van der Waals surface area contributed by atoms with Crippen LogP contribution in [0, 0.1) is 5.92 Å². The minimum atomic E-state index is -1.05. The summed E-state index contributed by atoms with van der Waals surface area (Å²) in [4.78, 5) is 36.5. The van der Waals surface area contributed by atoms with Crippen LogP contribution in [0.15, 0.2) is 30.3 Å². The molecule has 138 valence electrons. The maximum Gasteiger partial charge on any atom is 0.326 e. The summed E-state index contributed by atoms with van der Waals surface area (Å²) >= 11 is 0. The molecule has 0 bridgehead atoms. The minimum Gasteiger partial charge on any atom is -0.480 e. The molecule has 1 aromatic rings. The maximum absolute atomic E-state index is 12.0. The highest BCUT2D eigenvalue weighted by molar-refractivity contribution is 5.84. The fourth-order valence-corrected chi connectivity index (χ4v) is 2.31. The lowest BCUT2D eigenvalue weighted by atomic mass is 10.0. The molecule has 25 heavy (non-hydrogen) atoms. The van der Waals surface area contributed by atoms with Gasteiger partial charge < -0.3 is 20.6 Å². The maximum atomic E-state index is 12.0. The van der Waals surface area contributed by atoms with E-state index in [1.165, 1.54) is 4.90 Å². The van der Waals surface area contributed by atoms with Gasteiger partial charge in [0.2, 0.25) is 5.91 Å². The van der Waals surface area contributed by atoms with Crippen LogP contribution in [0.3, 0.4) is 0 Å². The van der Waals surface area contributed by atoms with Crippen molar-refractivity contribution >= 4 is 17.9 Å². The molecule has 0 aromatic heterocycles. The Hall–Kier alpha value is -2.57. The van der Waals surface area contributed by atoms with Gasteiger partial charge in [-0.2, -0.15) is 0 Å². The van der Waals surface area contributed by atoms with Gasteiger partial charge in [-0.05, 0) is 17.9 Å². The highest BCUT2D eigenvalue weighted by Gasteiger charge is 2.20. The van der Waals surface area contributed by atoms with E-state index < -0.39 is 12.0 Å². The summed E-state index contributed by atoms with van der Waals surface area (Å²) in [5.74, 6) is -1.28. The quantitative estimate of drug-likeness (QED) is 0.633. The van der Waals surface area contributed by atoms with E-state index in [4.69, 9.17) is 5.11 Å². The summed E-state index contributed by atoms with van der Waals surface area (Å²) in [6, 6.07) is 8.39. The molecule has 0 fully saturated rings. The van der Waals surface area contributed by atoms with Crippen molar-refractivity contribution in [1.82, 2.24) is 15.5 Å². The largest absolute Gasteiger partial charge is 0.480 e. The van der Waals surface area contributed by atoms with Gasteiger partial charge in [-0.1, -0.05) is 44.2 Å². The number of aliphatic carboxylic acids is 1. The number of benzene rings is 1. The Bertz CT molecular complexity index is 575. The van der Waals surface area contributed by atoms with Crippen molar-refractivity contribution in [3.8, 4) is 0 Å². The second kappa shape index (κ2) is 10.3. The molecule has 1 atom stereocenters. The van der Waals surface area contributed by atoms with Crippen LogP contribution in [0.2, 0.25) is 0 Å². The molecule has 1 aromatic carbocycles. The Balaban J connectivity index is 2.33. The van der Waals surface area contributed by atoms with E-state index in [0.29, 0.717) is 13.0 Å². The lowest BCUT2D eigenvalue weighted by Crippen LogP contribution is -2.43. The highest BCUT2D eigenvalue weighted by atomic mass is 16.4. The number of carbonyl (C=O) groups excluding carboxylic acids is 2. The van der Waals surface area contributed by atoms with E-state index in [9.17, 15) is 14.4 Å². The topological polar surface area (TPSA) is 98.7 Å². The minimum absolute atomic E-state index is 0.0345. The Labute approximate surface area is 148 Å². The van der Waals surface area contributed by atoms with E-state index >= 15 is 0 Å². The molecule has 0 radical (unpaired) electrons. The van der Waals surface area contributed by atoms with E-state index in [-0.39, 0.29) is 30.8 Å². The molecule has 0 aliphatic rings. The van der Waals surface area contributed by atoms with Gasteiger partial charge in [0.1, 0.15) is 6.04 Å². The second-order valence-electron chi connectivity index (χ2n) is 6.41. The number of carboxylic acid groups (broad SMARTS) is 1. The summed E-state index contributed by atoms with van der Waals surface area (Å²) in [6.45, 7) is 4.40. The normalized spacial score (nSPS) is 11.7. The summed E-state index contributed by atoms with van der Waals surface area (Å²) in [5, 5.41) is 14.2. The number of carbonyl (C=O) groups is 3. The molecule has 0 saturated heterocycles. The first-order chi connectivity index (χ1) is 11.8. The molecule has 1 unspecified atom stereocenters. The van der Waals surface area contributed by atoms with Crippen molar-refractivity contribution in [3.05, 3.63) is 35.9 Å². The molecule has 0 spiro atoms. The molecule has 7 heteroatoms. The van der Waals surface area contributed by atoms with Crippen LogP contribution >= 0.6 is 0 Å². The Morgan fingerprint density at radius 1 is 1.16 bits per heavy atom. The van der Waals surface area contributed by atoms with Crippen LogP contribution in [0.4, 0.5) is 4.79 Å². The second-order valence-corrected chi connectivity index (χ2v) is 6.41. The summed E-state index contributed by atoms with van der Waals surface area (Å²) in [6.07, 6.45) is 0.403. The molecular weight excluding hydrogens is 322 g/mol. The van der Waals surface area contributed by atoms with Gasteiger partial charge in [0.15, 0.2) is 0 Å². The van der Waals surface area contributed by atoms with Crippen molar-refractivity contribution in [2.45, 2.75) is 39.3 Å². The number of amides is 3. The average molecular weight is 349 g/mol. The summed E-state index contributed by atoms with van der Waals surface area (Å²) in [7, 11) is 1.67. The highest BCUT2D eigenvalue weighted by Crippen LogP contribution is 2.05. The first-order valence-corrected chi connectivity index (χ1v) is 8.34. The lowest BCUT2D eigenvalue weighted by molar-refractivity contribution is -0.142. The lowest BCUT2D eigenvalue weighted by Gasteiger charge is -2.19. The zero-order valence-electron chi connectivity index (χ0n) is 15.0. The standard InChI is InChI=1S/C18H27N3O4/c1-13(2)11-15(17(23)24)20-16(22)9-10-19-18(25)21(3)12-14-7-5-4-6-8-14/h4-8,13,15H,9-12H2,1-3H3,(H,19,25)(H,20,22)(H,23,24). The molecule has 3 amide bonds. The Kier molecular flexibility index (Phi) is 8.46. The summed E-state index contributed by atoms with van der Waals surface area (Å²) in [5.41, 5.74) is 1.01. The van der Waals surface area contributed by atoms with Gasteiger partial charge in [0.05, 0.1) is 0 Å². The number of carboxylic acids is 1. The molecule has 3 N–H and O–H groups in total. The van der Waals surface area contributed by atoms with Gasteiger partial charge >= 0.3 is 12.0 Å². The zero-order chi connectivity index (χ0) is 18.8. The number of urea groups is 1. The van der Waals surface area contributed by atoms with Crippen molar-refractivity contribution in [2.24, 2.45) is 5.92 Å². The van der Waals surface area contributed by atoms with Crippen LogP contribution in [0.25, 0.3) is 0 Å². The molecular formula is C18H27N3O4. The van der Waals surface area contributed by atoms with Gasteiger partial charge in [-0.3, -0.25) is 4.79 Å². The third-order valence-corrected chi connectivity index (χ3v) is 3.58. The Morgan fingerprint density at radius 3 is 2.36 bits per heavy atom. The van der Waals surface area contributed by atoms with Crippen molar-refractivity contribution in [2.75, 3.05) is 13.6 Å². The third kappa shape index (κ3) is 8.19. The van der Waals surface area contributed by atoms with E-state index in [1.54, 1.807) is 7.05 Å². The van der Waals surface area contributed by atoms with Gasteiger partial charge in [0.25, 0.3) is 0 Å². The first-order valence-electron chi connectivity index (χ1n) is 8.34.